The van der Waals surface area contributed by atoms with E-state index in [1.807, 2.05) is 43.3 Å². The first kappa shape index (κ1) is 23.2. The van der Waals surface area contributed by atoms with E-state index in [2.05, 4.69) is 20.6 Å². The maximum Gasteiger partial charge on any atom is 0.407 e. The number of nitrogens with one attached hydrogen (secondary N) is 1. The number of benzene rings is 1. The monoisotopic (exact) mass is 465 g/mol. The minimum Gasteiger partial charge on any atom is -0.489 e. The Morgan fingerprint density at radius 2 is 1.97 bits per heavy atom. The molecule has 1 unspecified atom stereocenters. The zero-order chi connectivity index (χ0) is 24.1. The number of nitrogens with zero attached hydrogens (tertiary/aromatic N) is 4. The number of aromatic nitrogens is 4. The molecule has 178 valence electrons. The lowest BCUT2D eigenvalue weighted by Gasteiger charge is -2.15. The van der Waals surface area contributed by atoms with E-state index in [1.54, 1.807) is 17.8 Å². The van der Waals surface area contributed by atoms with Gasteiger partial charge in [0.15, 0.2) is 0 Å². The Morgan fingerprint density at radius 3 is 2.68 bits per heavy atom. The molecule has 0 radical (unpaired) electrons. The van der Waals surface area contributed by atoms with Gasteiger partial charge in [0.25, 0.3) is 0 Å². The molecule has 2 N–H and O–H groups in total. The largest absolute Gasteiger partial charge is 0.489 e. The summed E-state index contributed by atoms with van der Waals surface area (Å²) >= 11 is 0. The van der Waals surface area contributed by atoms with Gasteiger partial charge < -0.3 is 19.9 Å². The number of rotatable bonds is 8. The van der Waals surface area contributed by atoms with Crippen LogP contribution in [0.4, 0.5) is 4.79 Å². The Balaban J connectivity index is 1.38. The molecular formula is C24H27N5O5. The zero-order valence-electron chi connectivity index (χ0n) is 19.1. The van der Waals surface area contributed by atoms with Crippen molar-refractivity contribution in [2.75, 3.05) is 0 Å². The maximum absolute atomic E-state index is 12.1. The second kappa shape index (κ2) is 10.3. The lowest BCUT2D eigenvalue weighted by molar-refractivity contribution is -0.141. The first-order valence-electron chi connectivity index (χ1n) is 11.1. The van der Waals surface area contributed by atoms with Crippen molar-refractivity contribution in [1.82, 2.24) is 25.3 Å². The maximum atomic E-state index is 12.1. The van der Waals surface area contributed by atoms with E-state index in [-0.39, 0.29) is 25.2 Å². The van der Waals surface area contributed by atoms with Crippen LogP contribution in [0.25, 0.3) is 11.4 Å². The summed E-state index contributed by atoms with van der Waals surface area (Å²) < 4.78 is 12.9. The van der Waals surface area contributed by atoms with Gasteiger partial charge in [-0.25, -0.2) is 14.5 Å². The predicted molar refractivity (Wildman–Crippen MR) is 122 cm³/mol. The predicted octanol–water partition coefficient (Wildman–Crippen LogP) is 3.24. The van der Waals surface area contributed by atoms with Gasteiger partial charge >= 0.3 is 12.1 Å². The summed E-state index contributed by atoms with van der Waals surface area (Å²) in [5, 5.41) is 20.2. The summed E-state index contributed by atoms with van der Waals surface area (Å²) in [6, 6.07) is 13.0. The third-order valence-corrected chi connectivity index (χ3v) is 5.86. The molecule has 0 saturated heterocycles. The fourth-order valence-electron chi connectivity index (χ4n) is 3.96. The first-order valence-corrected chi connectivity index (χ1v) is 11.1. The average Bonchev–Trinajstić information content (AvgIpc) is 3.45. The Labute approximate surface area is 196 Å². The number of carboxylic acids is 1. The number of alkyl carbamates (subject to hydrolysis) is 1. The minimum atomic E-state index is -0.774. The number of pyridine rings is 1. The minimum absolute atomic E-state index is 0.134. The van der Waals surface area contributed by atoms with E-state index < -0.39 is 12.1 Å². The molecule has 1 fully saturated rings. The van der Waals surface area contributed by atoms with Crippen molar-refractivity contribution in [2.24, 2.45) is 13.0 Å². The highest BCUT2D eigenvalue weighted by Crippen LogP contribution is 2.31. The Bertz CT molecular complexity index is 1160. The van der Waals surface area contributed by atoms with Crippen LogP contribution in [0.1, 0.15) is 36.2 Å². The van der Waals surface area contributed by atoms with Crippen LogP contribution >= 0.6 is 0 Å². The van der Waals surface area contributed by atoms with Gasteiger partial charge in [-0.2, -0.15) is 0 Å². The van der Waals surface area contributed by atoms with E-state index in [0.29, 0.717) is 47.8 Å². The van der Waals surface area contributed by atoms with Crippen LogP contribution in [0.3, 0.4) is 0 Å². The van der Waals surface area contributed by atoms with Crippen molar-refractivity contribution in [3.8, 4) is 17.1 Å². The molecule has 10 heteroatoms. The molecule has 1 aliphatic rings. The number of carbonyl (C=O) groups is 2. The summed E-state index contributed by atoms with van der Waals surface area (Å²) in [4.78, 5) is 27.9. The van der Waals surface area contributed by atoms with E-state index >= 15 is 0 Å². The van der Waals surface area contributed by atoms with Crippen molar-refractivity contribution in [3.63, 3.8) is 0 Å². The number of carboxylic acid groups (broad SMARTS) is 1. The lowest BCUT2D eigenvalue weighted by atomic mass is 10.1. The Hall–Kier alpha value is -3.95. The summed E-state index contributed by atoms with van der Waals surface area (Å²) in [5.74, 6) is -0.511. The average molecular weight is 466 g/mol. The SMILES string of the molecule is Cc1nc(-c2nnn(C)c2CNC(=O)OCc2ccccc2)ccc1OC1CC[C@H](C(=O)O)C1. The number of aryl methyl sites for hydroxylation is 2. The molecule has 2 atom stereocenters. The van der Waals surface area contributed by atoms with E-state index in [0.717, 1.165) is 5.56 Å². The van der Waals surface area contributed by atoms with E-state index in [4.69, 9.17) is 9.47 Å². The zero-order valence-corrected chi connectivity index (χ0v) is 19.1. The van der Waals surface area contributed by atoms with Crippen LogP contribution in [-0.2, 0) is 29.7 Å². The molecule has 0 aliphatic heterocycles. The van der Waals surface area contributed by atoms with Gasteiger partial charge in [-0.15, -0.1) is 5.10 Å². The molecule has 4 rings (SSSR count). The third-order valence-electron chi connectivity index (χ3n) is 5.86. The van der Waals surface area contributed by atoms with Crippen molar-refractivity contribution >= 4 is 12.1 Å². The number of carbonyl (C=O) groups excluding carboxylic acids is 1. The van der Waals surface area contributed by atoms with Gasteiger partial charge in [-0.05, 0) is 43.9 Å². The van der Waals surface area contributed by atoms with E-state index in [9.17, 15) is 14.7 Å². The number of hydrogen-bond acceptors (Lipinski definition) is 7. The standard InChI is InChI=1S/C24H27N5O5/c1-15-21(34-18-9-8-17(12-18)23(30)31)11-10-19(26-15)22-20(29(2)28-27-22)13-25-24(32)33-14-16-6-4-3-5-7-16/h3-7,10-11,17-18H,8-9,12-14H2,1-2H3,(H,25,32)(H,30,31)/t17-,18?/m0/s1. The highest BCUT2D eigenvalue weighted by atomic mass is 16.5. The highest BCUT2D eigenvalue weighted by molar-refractivity contribution is 5.70. The van der Waals surface area contributed by atoms with Crippen LogP contribution in [0.2, 0.25) is 0 Å². The highest BCUT2D eigenvalue weighted by Gasteiger charge is 2.31. The fourth-order valence-corrected chi connectivity index (χ4v) is 3.96. The summed E-state index contributed by atoms with van der Waals surface area (Å²) in [6.07, 6.45) is 1.15. The van der Waals surface area contributed by atoms with Crippen molar-refractivity contribution < 1.29 is 24.2 Å². The van der Waals surface area contributed by atoms with Crippen LogP contribution < -0.4 is 10.1 Å². The van der Waals surface area contributed by atoms with Gasteiger partial charge in [0.1, 0.15) is 18.1 Å². The third kappa shape index (κ3) is 5.51. The Morgan fingerprint density at radius 1 is 1.18 bits per heavy atom. The molecule has 1 aromatic carbocycles. The second-order valence-electron chi connectivity index (χ2n) is 8.29. The molecule has 0 spiro atoms. The van der Waals surface area contributed by atoms with Gasteiger partial charge in [0.2, 0.25) is 0 Å². The van der Waals surface area contributed by atoms with Gasteiger partial charge in [0, 0.05) is 7.05 Å². The van der Waals surface area contributed by atoms with Crippen LogP contribution in [-0.4, -0.2) is 43.3 Å². The van der Waals surface area contributed by atoms with Gasteiger partial charge in [-0.1, -0.05) is 35.5 Å². The Kier molecular flexibility index (Phi) is 7.05. The first-order chi connectivity index (χ1) is 16.4. The summed E-state index contributed by atoms with van der Waals surface area (Å²) in [7, 11) is 1.74. The molecule has 34 heavy (non-hydrogen) atoms. The molecule has 0 bridgehead atoms. The molecule has 2 heterocycles. The normalized spacial score (nSPS) is 17.4. The summed E-state index contributed by atoms with van der Waals surface area (Å²) in [5.41, 5.74) is 3.40. The van der Waals surface area contributed by atoms with Crippen molar-refractivity contribution in [1.29, 1.82) is 0 Å². The topological polar surface area (TPSA) is 128 Å². The molecule has 1 saturated carbocycles. The van der Waals surface area contributed by atoms with Gasteiger partial charge in [0.05, 0.1) is 35.6 Å². The molecule has 1 aliphatic carbocycles. The van der Waals surface area contributed by atoms with Crippen molar-refractivity contribution in [3.05, 3.63) is 59.4 Å². The fraction of sp³-hybridized carbons (Fsp3) is 0.375. The van der Waals surface area contributed by atoms with E-state index in [1.165, 1.54) is 0 Å². The quantitative estimate of drug-likeness (QED) is 0.519. The molecule has 3 aromatic rings. The number of aliphatic carboxylic acids is 1. The molecule has 2 aromatic heterocycles. The molecular weight excluding hydrogens is 438 g/mol. The number of amides is 1. The molecule has 1 amide bonds. The van der Waals surface area contributed by atoms with Crippen LogP contribution in [0.5, 0.6) is 5.75 Å². The van der Waals surface area contributed by atoms with Gasteiger partial charge in [-0.3, -0.25) is 4.79 Å². The summed E-state index contributed by atoms with van der Waals surface area (Å²) in [6.45, 7) is 2.18. The van der Waals surface area contributed by atoms with Crippen molar-refractivity contribution in [2.45, 2.75) is 45.4 Å². The smallest absolute Gasteiger partial charge is 0.407 e. The number of ether oxygens (including phenoxy) is 2. The second-order valence-corrected chi connectivity index (χ2v) is 8.29. The number of hydrogen-bond donors (Lipinski definition) is 2. The lowest BCUT2D eigenvalue weighted by Crippen LogP contribution is -2.25. The van der Waals surface area contributed by atoms with Crippen LogP contribution in [0, 0.1) is 12.8 Å². The van der Waals surface area contributed by atoms with Crippen LogP contribution in [0.15, 0.2) is 42.5 Å². The molecule has 10 nitrogen and oxygen atoms in total.